The van der Waals surface area contributed by atoms with Crippen molar-refractivity contribution in [1.82, 2.24) is 9.62 Å². The van der Waals surface area contributed by atoms with E-state index in [2.05, 4.69) is 5.32 Å². The molecule has 0 spiro atoms. The fourth-order valence-electron chi connectivity index (χ4n) is 3.67. The van der Waals surface area contributed by atoms with E-state index in [0.29, 0.717) is 12.1 Å². The highest BCUT2D eigenvalue weighted by molar-refractivity contribution is 7.89. The third-order valence-electron chi connectivity index (χ3n) is 5.13. The molecule has 0 amide bonds. The molecule has 1 aromatic rings. The molecule has 132 valence electrons. The standard InChI is InChI=1S/C15H20ClN3O4S/c1-9-14(16)7-13(8-15(9)19(20)21)24(22,23)18(2)12-5-10-3-4-11(6-12)17-10/h7-8,10-12,17H,3-6H2,1-2H3. The number of nitro groups is 1. The first-order chi connectivity index (χ1) is 11.2. The quantitative estimate of drug-likeness (QED) is 0.646. The summed E-state index contributed by atoms with van der Waals surface area (Å²) in [4.78, 5) is 10.4. The minimum atomic E-state index is -3.84. The number of sulfonamides is 1. The lowest BCUT2D eigenvalue weighted by Crippen LogP contribution is -2.48. The number of hydrogen-bond donors (Lipinski definition) is 1. The van der Waals surface area contributed by atoms with Crippen LogP contribution in [0.3, 0.4) is 0 Å². The predicted octanol–water partition coefficient (Wildman–Crippen LogP) is 2.46. The maximum atomic E-state index is 12.9. The van der Waals surface area contributed by atoms with Crippen molar-refractivity contribution in [1.29, 1.82) is 0 Å². The fraction of sp³-hybridized carbons (Fsp3) is 0.600. The van der Waals surface area contributed by atoms with Gasteiger partial charge >= 0.3 is 0 Å². The molecule has 2 fully saturated rings. The van der Waals surface area contributed by atoms with Crippen LogP contribution in [0, 0.1) is 17.0 Å². The van der Waals surface area contributed by atoms with Gasteiger partial charge in [0.2, 0.25) is 10.0 Å². The van der Waals surface area contributed by atoms with Crippen LogP contribution in [-0.2, 0) is 10.0 Å². The second-order valence-corrected chi connectivity index (χ2v) is 9.00. The maximum absolute atomic E-state index is 12.9. The molecule has 2 bridgehead atoms. The van der Waals surface area contributed by atoms with Gasteiger partial charge < -0.3 is 5.32 Å². The minimum Gasteiger partial charge on any atom is -0.311 e. The molecule has 2 saturated heterocycles. The molecule has 0 saturated carbocycles. The first-order valence-electron chi connectivity index (χ1n) is 7.88. The van der Waals surface area contributed by atoms with Crippen molar-refractivity contribution in [2.45, 2.75) is 55.6 Å². The summed E-state index contributed by atoms with van der Waals surface area (Å²) in [6.07, 6.45) is 3.65. The second kappa shape index (κ2) is 6.25. The van der Waals surface area contributed by atoms with Crippen LogP contribution in [0.2, 0.25) is 5.02 Å². The van der Waals surface area contributed by atoms with E-state index in [-0.39, 0.29) is 27.2 Å². The molecule has 1 aromatic carbocycles. The van der Waals surface area contributed by atoms with Gasteiger partial charge in [-0.05, 0) is 38.7 Å². The average molecular weight is 374 g/mol. The van der Waals surface area contributed by atoms with Crippen molar-refractivity contribution < 1.29 is 13.3 Å². The highest BCUT2D eigenvalue weighted by Crippen LogP contribution is 2.34. The molecule has 2 atom stereocenters. The number of halogens is 1. The molecular formula is C15H20ClN3O4S. The smallest absolute Gasteiger partial charge is 0.275 e. The van der Waals surface area contributed by atoms with Gasteiger partial charge in [0, 0.05) is 36.8 Å². The summed E-state index contributed by atoms with van der Waals surface area (Å²) in [6.45, 7) is 1.51. The molecule has 3 rings (SSSR count). The van der Waals surface area contributed by atoms with Crippen LogP contribution in [-0.4, -0.2) is 42.8 Å². The summed E-state index contributed by atoms with van der Waals surface area (Å²) in [5, 5.41) is 14.7. The van der Waals surface area contributed by atoms with E-state index in [1.807, 2.05) is 0 Å². The third-order valence-corrected chi connectivity index (χ3v) is 7.41. The number of benzene rings is 1. The molecule has 2 aliphatic rings. The molecule has 2 unspecified atom stereocenters. The van der Waals surface area contributed by atoms with Crippen LogP contribution >= 0.6 is 11.6 Å². The lowest BCUT2D eigenvalue weighted by molar-refractivity contribution is -0.385. The molecule has 7 nitrogen and oxygen atoms in total. The normalized spacial score (nSPS) is 26.8. The zero-order valence-electron chi connectivity index (χ0n) is 13.5. The van der Waals surface area contributed by atoms with Crippen LogP contribution in [0.25, 0.3) is 0 Å². The number of hydrogen-bond acceptors (Lipinski definition) is 5. The van der Waals surface area contributed by atoms with E-state index in [1.54, 1.807) is 7.05 Å². The SMILES string of the molecule is Cc1c(Cl)cc(S(=O)(=O)N(C)C2CC3CCC(C2)N3)cc1[N+](=O)[O-]. The van der Waals surface area contributed by atoms with Gasteiger partial charge in [0.05, 0.1) is 14.8 Å². The summed E-state index contributed by atoms with van der Waals surface area (Å²) in [5.41, 5.74) is -0.0111. The second-order valence-electron chi connectivity index (χ2n) is 6.59. The topological polar surface area (TPSA) is 92.6 Å². The summed E-state index contributed by atoms with van der Waals surface area (Å²) in [7, 11) is -2.29. The van der Waals surface area contributed by atoms with Gasteiger partial charge in [-0.3, -0.25) is 10.1 Å². The molecule has 2 aliphatic heterocycles. The van der Waals surface area contributed by atoms with E-state index in [1.165, 1.54) is 17.3 Å². The number of piperidine rings is 1. The highest BCUT2D eigenvalue weighted by atomic mass is 35.5. The van der Waals surface area contributed by atoms with Gasteiger partial charge in [-0.1, -0.05) is 11.6 Å². The Labute approximate surface area is 146 Å². The van der Waals surface area contributed by atoms with Gasteiger partial charge in [-0.25, -0.2) is 8.42 Å². The molecule has 24 heavy (non-hydrogen) atoms. The lowest BCUT2D eigenvalue weighted by atomic mass is 10.0. The Bertz CT molecular complexity index is 771. The molecular weight excluding hydrogens is 354 g/mol. The fourth-order valence-corrected chi connectivity index (χ4v) is 5.37. The van der Waals surface area contributed by atoms with E-state index >= 15 is 0 Å². The van der Waals surface area contributed by atoms with Crippen LogP contribution in [0.1, 0.15) is 31.2 Å². The average Bonchev–Trinajstić information content (AvgIpc) is 2.86. The molecule has 0 aliphatic carbocycles. The zero-order chi connectivity index (χ0) is 17.6. The van der Waals surface area contributed by atoms with Crippen molar-refractivity contribution in [2.24, 2.45) is 0 Å². The number of fused-ring (bicyclic) bond motifs is 2. The Morgan fingerprint density at radius 1 is 1.29 bits per heavy atom. The van der Waals surface area contributed by atoms with E-state index in [9.17, 15) is 18.5 Å². The van der Waals surface area contributed by atoms with E-state index < -0.39 is 14.9 Å². The van der Waals surface area contributed by atoms with E-state index in [0.717, 1.165) is 31.7 Å². The Morgan fingerprint density at radius 2 is 1.88 bits per heavy atom. The Balaban J connectivity index is 1.94. The molecule has 1 N–H and O–H groups in total. The number of nitrogens with zero attached hydrogens (tertiary/aromatic N) is 2. The molecule has 0 radical (unpaired) electrons. The lowest BCUT2D eigenvalue weighted by Gasteiger charge is -2.34. The monoisotopic (exact) mass is 373 g/mol. The van der Waals surface area contributed by atoms with Crippen molar-refractivity contribution in [3.8, 4) is 0 Å². The van der Waals surface area contributed by atoms with Crippen LogP contribution in [0.5, 0.6) is 0 Å². The minimum absolute atomic E-state index is 0.0848. The summed E-state index contributed by atoms with van der Waals surface area (Å²) < 4.78 is 27.2. The van der Waals surface area contributed by atoms with Crippen LogP contribution in [0.15, 0.2) is 17.0 Å². The van der Waals surface area contributed by atoms with Crippen molar-refractivity contribution >= 4 is 27.3 Å². The highest BCUT2D eigenvalue weighted by Gasteiger charge is 2.39. The van der Waals surface area contributed by atoms with Gasteiger partial charge in [0.25, 0.3) is 5.69 Å². The Hall–Kier alpha value is -1.22. The Kier molecular flexibility index (Phi) is 4.59. The number of nitro benzene ring substituents is 1. The third kappa shape index (κ3) is 3.03. The first kappa shape index (κ1) is 17.6. The largest absolute Gasteiger partial charge is 0.311 e. The van der Waals surface area contributed by atoms with Crippen molar-refractivity contribution in [2.75, 3.05) is 7.05 Å². The summed E-state index contributed by atoms with van der Waals surface area (Å²) in [6, 6.07) is 2.99. The molecule has 9 heteroatoms. The van der Waals surface area contributed by atoms with Gasteiger partial charge in [-0.2, -0.15) is 4.31 Å². The van der Waals surface area contributed by atoms with Gasteiger partial charge in [0.15, 0.2) is 0 Å². The zero-order valence-corrected chi connectivity index (χ0v) is 15.1. The number of nitrogens with one attached hydrogen (secondary N) is 1. The van der Waals surface area contributed by atoms with Crippen molar-refractivity contribution in [3.63, 3.8) is 0 Å². The van der Waals surface area contributed by atoms with Crippen LogP contribution < -0.4 is 5.32 Å². The van der Waals surface area contributed by atoms with Crippen LogP contribution in [0.4, 0.5) is 5.69 Å². The van der Waals surface area contributed by atoms with Crippen molar-refractivity contribution in [3.05, 3.63) is 32.8 Å². The Morgan fingerprint density at radius 3 is 2.42 bits per heavy atom. The summed E-state index contributed by atoms with van der Waals surface area (Å²) in [5.74, 6) is 0. The predicted molar refractivity (Wildman–Crippen MR) is 90.8 cm³/mol. The summed E-state index contributed by atoms with van der Waals surface area (Å²) >= 11 is 6.02. The molecule has 0 aromatic heterocycles. The van der Waals surface area contributed by atoms with E-state index in [4.69, 9.17) is 11.6 Å². The number of rotatable bonds is 4. The first-order valence-corrected chi connectivity index (χ1v) is 9.70. The van der Waals surface area contributed by atoms with Gasteiger partial charge in [0.1, 0.15) is 0 Å². The van der Waals surface area contributed by atoms with Gasteiger partial charge in [-0.15, -0.1) is 0 Å². The molecule has 2 heterocycles. The maximum Gasteiger partial charge on any atom is 0.275 e.